The fourth-order valence-corrected chi connectivity index (χ4v) is 5.90. The number of para-hydroxylation sites is 1. The molecule has 0 bridgehead atoms. The van der Waals surface area contributed by atoms with E-state index in [0.717, 1.165) is 48.2 Å². The predicted octanol–water partition coefficient (Wildman–Crippen LogP) is 4.36. The van der Waals surface area contributed by atoms with Crippen LogP contribution in [0.1, 0.15) is 55.6 Å². The number of rotatable bonds is 8. The van der Waals surface area contributed by atoms with Crippen molar-refractivity contribution in [2.75, 3.05) is 31.1 Å². The zero-order valence-electron chi connectivity index (χ0n) is 20.0. The van der Waals surface area contributed by atoms with Gasteiger partial charge in [0.2, 0.25) is 10.0 Å². The van der Waals surface area contributed by atoms with Gasteiger partial charge in [0.15, 0.2) is 0 Å². The number of nitrogens with one attached hydrogen (secondary N) is 1. The molecule has 1 aromatic heterocycles. The van der Waals surface area contributed by atoms with Gasteiger partial charge in [-0.25, -0.2) is 13.4 Å². The zero-order chi connectivity index (χ0) is 24.3. The Bertz CT molecular complexity index is 1260. The Kier molecular flexibility index (Phi) is 7.19. The molecule has 34 heavy (non-hydrogen) atoms. The number of hydrogen-bond donors (Lipinski definition) is 1. The number of benzene rings is 2. The first kappa shape index (κ1) is 24.2. The van der Waals surface area contributed by atoms with Crippen molar-refractivity contribution in [1.29, 1.82) is 0 Å². The maximum atomic E-state index is 13.4. The van der Waals surface area contributed by atoms with Crippen LogP contribution < -0.4 is 10.2 Å². The molecule has 180 valence electrons. The molecule has 1 amide bonds. The summed E-state index contributed by atoms with van der Waals surface area (Å²) < 4.78 is 26.9. The lowest BCUT2D eigenvalue weighted by Gasteiger charge is -2.22. The van der Waals surface area contributed by atoms with Gasteiger partial charge in [-0.2, -0.15) is 4.31 Å². The number of fused-ring (bicyclic) bond motifs is 1. The molecule has 1 fully saturated rings. The normalized spacial score (nSPS) is 15.1. The molecular formula is C26H32N4O3S. The predicted molar refractivity (Wildman–Crippen MR) is 136 cm³/mol. The fourth-order valence-electron chi connectivity index (χ4n) is 4.44. The number of hydrogen-bond acceptors (Lipinski definition) is 5. The monoisotopic (exact) mass is 480 g/mol. The summed E-state index contributed by atoms with van der Waals surface area (Å²) in [7, 11) is -3.51. The van der Waals surface area contributed by atoms with Gasteiger partial charge in [0.05, 0.1) is 22.0 Å². The Morgan fingerprint density at radius 1 is 1.06 bits per heavy atom. The van der Waals surface area contributed by atoms with Gasteiger partial charge in [0.1, 0.15) is 5.82 Å². The molecule has 0 spiro atoms. The first-order chi connectivity index (χ1) is 16.3. The molecule has 0 radical (unpaired) electrons. The molecule has 1 aliphatic heterocycles. The van der Waals surface area contributed by atoms with Crippen LogP contribution >= 0.6 is 0 Å². The minimum atomic E-state index is -3.51. The topological polar surface area (TPSA) is 82.6 Å². The summed E-state index contributed by atoms with van der Waals surface area (Å²) in [6, 6.07) is 16.2. The minimum Gasteiger partial charge on any atom is -0.356 e. The second kappa shape index (κ2) is 10.1. The third-order valence-electron chi connectivity index (χ3n) is 6.42. The van der Waals surface area contributed by atoms with E-state index >= 15 is 0 Å². The molecule has 0 saturated carbocycles. The molecule has 7 nitrogen and oxygen atoms in total. The van der Waals surface area contributed by atoms with Gasteiger partial charge in [0, 0.05) is 31.6 Å². The van der Waals surface area contributed by atoms with E-state index in [-0.39, 0.29) is 16.8 Å². The minimum absolute atomic E-state index is 0.188. The fraction of sp³-hybridized carbons (Fsp3) is 0.385. The lowest BCUT2D eigenvalue weighted by atomic mass is 10.1. The van der Waals surface area contributed by atoms with Crippen LogP contribution in [-0.4, -0.2) is 49.8 Å². The number of carbonyl (C=O) groups is 1. The molecule has 1 atom stereocenters. The van der Waals surface area contributed by atoms with Crippen molar-refractivity contribution in [3.05, 3.63) is 65.7 Å². The summed E-state index contributed by atoms with van der Waals surface area (Å²) in [5, 5.41) is 4.00. The lowest BCUT2D eigenvalue weighted by Crippen LogP contribution is -2.31. The number of pyridine rings is 1. The van der Waals surface area contributed by atoms with Crippen LogP contribution in [0, 0.1) is 0 Å². The first-order valence-electron chi connectivity index (χ1n) is 11.9. The van der Waals surface area contributed by atoms with E-state index in [1.54, 1.807) is 24.3 Å². The molecule has 2 heterocycles. The molecule has 3 aromatic rings. The van der Waals surface area contributed by atoms with E-state index in [0.29, 0.717) is 18.7 Å². The van der Waals surface area contributed by atoms with Crippen LogP contribution in [0.4, 0.5) is 5.82 Å². The smallest absolute Gasteiger partial charge is 0.255 e. The van der Waals surface area contributed by atoms with Gasteiger partial charge in [0.25, 0.3) is 5.91 Å². The highest BCUT2D eigenvalue weighted by molar-refractivity contribution is 7.89. The van der Waals surface area contributed by atoms with E-state index in [2.05, 4.69) is 10.2 Å². The van der Waals surface area contributed by atoms with E-state index < -0.39 is 10.0 Å². The van der Waals surface area contributed by atoms with Crippen LogP contribution in [0.3, 0.4) is 0 Å². The Balaban J connectivity index is 1.57. The van der Waals surface area contributed by atoms with Crippen molar-refractivity contribution in [3.63, 3.8) is 0 Å². The van der Waals surface area contributed by atoms with Crippen molar-refractivity contribution < 1.29 is 13.2 Å². The number of carbonyl (C=O) groups excluding carboxylic acids is 1. The Labute approximate surface area is 201 Å². The van der Waals surface area contributed by atoms with Crippen molar-refractivity contribution in [2.24, 2.45) is 0 Å². The van der Waals surface area contributed by atoms with Crippen LogP contribution in [0.25, 0.3) is 10.9 Å². The molecule has 1 aliphatic rings. The number of nitrogens with zero attached hydrogens (tertiary/aromatic N) is 3. The summed E-state index contributed by atoms with van der Waals surface area (Å²) in [5.74, 6) is 0.536. The molecular weight excluding hydrogens is 448 g/mol. The Morgan fingerprint density at radius 2 is 1.71 bits per heavy atom. The maximum absolute atomic E-state index is 13.4. The standard InChI is InChI=1S/C26H32N4O3S/c1-4-30(5-2)34(32,33)22-14-12-20(13-15-22)19(3)27-26(31)23-18-21-10-6-7-11-24(21)28-25(23)29-16-8-9-17-29/h6-7,10-15,18-19H,4-5,8-9,16-17H2,1-3H3,(H,27,31). The second-order valence-corrected chi connectivity index (χ2v) is 10.5. The van der Waals surface area contributed by atoms with Crippen LogP contribution in [0.15, 0.2) is 59.5 Å². The first-order valence-corrected chi connectivity index (χ1v) is 13.3. The number of anilines is 1. The molecule has 8 heteroatoms. The number of aromatic nitrogens is 1. The van der Waals surface area contributed by atoms with Crippen LogP contribution in [0.2, 0.25) is 0 Å². The van der Waals surface area contributed by atoms with Crippen LogP contribution in [-0.2, 0) is 10.0 Å². The third-order valence-corrected chi connectivity index (χ3v) is 8.49. The highest BCUT2D eigenvalue weighted by atomic mass is 32.2. The average molecular weight is 481 g/mol. The number of sulfonamides is 1. The summed E-state index contributed by atoms with van der Waals surface area (Å²) in [6.45, 7) is 8.18. The molecule has 0 aliphatic carbocycles. The lowest BCUT2D eigenvalue weighted by molar-refractivity contribution is 0.0940. The van der Waals surface area contributed by atoms with E-state index in [9.17, 15) is 13.2 Å². The Morgan fingerprint density at radius 3 is 2.35 bits per heavy atom. The largest absolute Gasteiger partial charge is 0.356 e. The van der Waals surface area contributed by atoms with E-state index in [4.69, 9.17) is 4.98 Å². The molecule has 1 unspecified atom stereocenters. The SMILES string of the molecule is CCN(CC)S(=O)(=O)c1ccc(C(C)NC(=O)c2cc3ccccc3nc2N2CCCC2)cc1. The number of amides is 1. The van der Waals surface area contributed by atoms with E-state index in [1.807, 2.05) is 51.1 Å². The highest BCUT2D eigenvalue weighted by Crippen LogP contribution is 2.27. The van der Waals surface area contributed by atoms with Crippen LogP contribution in [0.5, 0.6) is 0 Å². The summed E-state index contributed by atoms with van der Waals surface area (Å²) >= 11 is 0. The molecule has 2 aromatic carbocycles. The van der Waals surface area contributed by atoms with Gasteiger partial charge in [-0.3, -0.25) is 4.79 Å². The second-order valence-electron chi connectivity index (χ2n) is 8.60. The molecule has 1 N–H and O–H groups in total. The quantitative estimate of drug-likeness (QED) is 0.518. The summed E-state index contributed by atoms with van der Waals surface area (Å²) in [5.41, 5.74) is 2.27. The van der Waals surface area contributed by atoms with Gasteiger partial charge in [-0.1, -0.05) is 44.2 Å². The molecule has 1 saturated heterocycles. The highest BCUT2D eigenvalue weighted by Gasteiger charge is 2.24. The van der Waals surface area contributed by atoms with Crippen molar-refractivity contribution in [1.82, 2.24) is 14.6 Å². The van der Waals surface area contributed by atoms with Crippen molar-refractivity contribution in [3.8, 4) is 0 Å². The average Bonchev–Trinajstić information content (AvgIpc) is 3.39. The van der Waals surface area contributed by atoms with Gasteiger partial charge >= 0.3 is 0 Å². The van der Waals surface area contributed by atoms with Crippen molar-refractivity contribution in [2.45, 2.75) is 44.6 Å². The zero-order valence-corrected chi connectivity index (χ0v) is 20.8. The van der Waals surface area contributed by atoms with Crippen molar-refractivity contribution >= 4 is 32.7 Å². The third kappa shape index (κ3) is 4.79. The Hall–Kier alpha value is -2.97. The maximum Gasteiger partial charge on any atom is 0.255 e. The summed E-state index contributed by atoms with van der Waals surface area (Å²) in [6.07, 6.45) is 2.18. The molecule has 4 rings (SSSR count). The van der Waals surface area contributed by atoms with Gasteiger partial charge in [-0.15, -0.1) is 0 Å². The summed E-state index contributed by atoms with van der Waals surface area (Å²) in [4.78, 5) is 20.6. The van der Waals surface area contributed by atoms with E-state index in [1.165, 1.54) is 4.31 Å². The van der Waals surface area contributed by atoms with Gasteiger partial charge < -0.3 is 10.2 Å². The van der Waals surface area contributed by atoms with Gasteiger partial charge in [-0.05, 0) is 49.6 Å².